The normalized spacial score (nSPS) is 18.8. The van der Waals surface area contributed by atoms with Gasteiger partial charge in [-0.15, -0.1) is 0 Å². The van der Waals surface area contributed by atoms with Gasteiger partial charge < -0.3 is 10.6 Å². The summed E-state index contributed by atoms with van der Waals surface area (Å²) in [6, 6.07) is 0.138. The van der Waals surface area contributed by atoms with Gasteiger partial charge in [-0.1, -0.05) is 15.9 Å². The fourth-order valence-electron chi connectivity index (χ4n) is 3.04. The van der Waals surface area contributed by atoms with Crippen LogP contribution in [0.5, 0.6) is 0 Å². The minimum absolute atomic E-state index is 0.138. The smallest absolute Gasteiger partial charge is 0.223 e. The summed E-state index contributed by atoms with van der Waals surface area (Å²) in [5.74, 6) is 0.640. The average Bonchev–Trinajstić information content (AvgIpc) is 2.86. The third-order valence-electron chi connectivity index (χ3n) is 4.10. The molecule has 3 rings (SSSR count). The first-order valence-corrected chi connectivity index (χ1v) is 8.53. The number of aromatic nitrogens is 4. The first-order valence-electron chi connectivity index (χ1n) is 7.41. The topological polar surface area (TPSA) is 89.9 Å². The molecular formula is C14H19BrN6O. The number of carbonyl (C=O) groups excluding carboxylic acids is 1. The van der Waals surface area contributed by atoms with Crippen LogP contribution in [0.25, 0.3) is 11.0 Å². The molecule has 1 unspecified atom stereocenters. The maximum atomic E-state index is 12.1. The SMILES string of the molecule is Cc1nn(C2CCCN(C(=O)CCBr)C2)c2ncnc(N)c12. The highest BCUT2D eigenvalue weighted by molar-refractivity contribution is 9.09. The summed E-state index contributed by atoms with van der Waals surface area (Å²) >= 11 is 3.32. The fraction of sp³-hybridized carbons (Fsp3) is 0.571. The summed E-state index contributed by atoms with van der Waals surface area (Å²) < 4.78 is 1.91. The second kappa shape index (κ2) is 6.20. The van der Waals surface area contributed by atoms with Gasteiger partial charge in [0.15, 0.2) is 5.65 Å². The quantitative estimate of drug-likeness (QED) is 0.834. The monoisotopic (exact) mass is 366 g/mol. The summed E-state index contributed by atoms with van der Waals surface area (Å²) in [6.07, 6.45) is 3.95. The molecule has 1 saturated heterocycles. The van der Waals surface area contributed by atoms with Gasteiger partial charge >= 0.3 is 0 Å². The summed E-state index contributed by atoms with van der Waals surface area (Å²) in [4.78, 5) is 22.4. The highest BCUT2D eigenvalue weighted by Crippen LogP contribution is 2.28. The van der Waals surface area contributed by atoms with Crippen LogP contribution in [0.4, 0.5) is 5.82 Å². The van der Waals surface area contributed by atoms with Gasteiger partial charge in [0.05, 0.1) is 17.1 Å². The van der Waals surface area contributed by atoms with E-state index in [-0.39, 0.29) is 11.9 Å². The van der Waals surface area contributed by atoms with Crippen LogP contribution in [-0.2, 0) is 4.79 Å². The Labute approximate surface area is 137 Å². The van der Waals surface area contributed by atoms with Crippen molar-refractivity contribution in [3.63, 3.8) is 0 Å². The summed E-state index contributed by atoms with van der Waals surface area (Å²) in [7, 11) is 0. The number of hydrogen-bond donors (Lipinski definition) is 1. The van der Waals surface area contributed by atoms with E-state index in [1.54, 1.807) is 0 Å². The van der Waals surface area contributed by atoms with E-state index >= 15 is 0 Å². The highest BCUT2D eigenvalue weighted by atomic mass is 79.9. The van der Waals surface area contributed by atoms with Crippen molar-refractivity contribution >= 4 is 38.7 Å². The molecular weight excluding hydrogens is 348 g/mol. The number of piperidine rings is 1. The van der Waals surface area contributed by atoms with Crippen molar-refractivity contribution in [2.45, 2.75) is 32.2 Å². The lowest BCUT2D eigenvalue weighted by Gasteiger charge is -2.33. The lowest BCUT2D eigenvalue weighted by Crippen LogP contribution is -2.41. The molecule has 2 aromatic rings. The number of halogens is 1. The van der Waals surface area contributed by atoms with Crippen LogP contribution in [-0.4, -0.2) is 49.0 Å². The lowest BCUT2D eigenvalue weighted by atomic mass is 10.1. The van der Waals surface area contributed by atoms with Crippen LogP contribution in [0.3, 0.4) is 0 Å². The summed E-state index contributed by atoms with van der Waals surface area (Å²) in [5.41, 5.74) is 7.53. The first kappa shape index (κ1) is 15.2. The van der Waals surface area contributed by atoms with E-state index in [2.05, 4.69) is 31.0 Å². The molecule has 0 saturated carbocycles. The molecule has 1 amide bonds. The molecule has 8 heteroatoms. The van der Waals surface area contributed by atoms with E-state index in [0.29, 0.717) is 24.1 Å². The van der Waals surface area contributed by atoms with Crippen molar-refractivity contribution in [2.24, 2.45) is 0 Å². The molecule has 0 bridgehead atoms. The van der Waals surface area contributed by atoms with Gasteiger partial charge in [0.25, 0.3) is 0 Å². The molecule has 0 aliphatic carbocycles. The Balaban J connectivity index is 1.91. The van der Waals surface area contributed by atoms with E-state index < -0.39 is 0 Å². The first-order chi connectivity index (χ1) is 10.6. The number of nitrogens with zero attached hydrogens (tertiary/aromatic N) is 5. The Hall–Kier alpha value is -1.70. The predicted molar refractivity (Wildman–Crippen MR) is 87.7 cm³/mol. The molecule has 3 heterocycles. The van der Waals surface area contributed by atoms with Crippen LogP contribution in [0.1, 0.15) is 31.0 Å². The zero-order valence-corrected chi connectivity index (χ0v) is 14.1. The summed E-state index contributed by atoms with van der Waals surface area (Å²) in [5, 5.41) is 6.11. The number of amides is 1. The van der Waals surface area contributed by atoms with E-state index in [0.717, 1.165) is 36.1 Å². The van der Waals surface area contributed by atoms with Gasteiger partial charge in [0.2, 0.25) is 5.91 Å². The van der Waals surface area contributed by atoms with Crippen molar-refractivity contribution in [2.75, 3.05) is 24.2 Å². The third kappa shape index (κ3) is 2.67. The van der Waals surface area contributed by atoms with E-state index in [1.165, 1.54) is 6.33 Å². The molecule has 0 spiro atoms. The lowest BCUT2D eigenvalue weighted by molar-refractivity contribution is -0.132. The molecule has 118 valence electrons. The molecule has 1 aliphatic heterocycles. The van der Waals surface area contributed by atoms with Gasteiger partial charge in [0.1, 0.15) is 12.1 Å². The van der Waals surface area contributed by atoms with Crippen LogP contribution >= 0.6 is 15.9 Å². The molecule has 7 nitrogen and oxygen atoms in total. The number of likely N-dealkylation sites (tertiary alicyclic amines) is 1. The fourth-order valence-corrected chi connectivity index (χ4v) is 3.38. The van der Waals surface area contributed by atoms with Crippen LogP contribution < -0.4 is 5.73 Å². The molecule has 22 heavy (non-hydrogen) atoms. The largest absolute Gasteiger partial charge is 0.383 e. The number of carbonyl (C=O) groups is 1. The Kier molecular flexibility index (Phi) is 4.28. The summed E-state index contributed by atoms with van der Waals surface area (Å²) in [6.45, 7) is 3.40. The van der Waals surface area contributed by atoms with Crippen molar-refractivity contribution in [3.8, 4) is 0 Å². The van der Waals surface area contributed by atoms with Gasteiger partial charge in [-0.3, -0.25) is 4.79 Å². The Morgan fingerprint density at radius 2 is 2.32 bits per heavy atom. The van der Waals surface area contributed by atoms with Gasteiger partial charge in [-0.05, 0) is 19.8 Å². The van der Waals surface area contributed by atoms with Crippen molar-refractivity contribution in [3.05, 3.63) is 12.0 Å². The Bertz CT molecular complexity index is 700. The molecule has 1 atom stereocenters. The second-order valence-corrected chi connectivity index (χ2v) is 6.36. The minimum atomic E-state index is 0.138. The highest BCUT2D eigenvalue weighted by Gasteiger charge is 2.27. The maximum absolute atomic E-state index is 12.1. The van der Waals surface area contributed by atoms with E-state index in [4.69, 9.17) is 5.73 Å². The van der Waals surface area contributed by atoms with Gasteiger partial charge in [0, 0.05) is 24.8 Å². The second-order valence-electron chi connectivity index (χ2n) is 5.56. The number of fused-ring (bicyclic) bond motifs is 1. The average molecular weight is 367 g/mol. The maximum Gasteiger partial charge on any atom is 0.223 e. The van der Waals surface area contributed by atoms with Crippen molar-refractivity contribution in [1.29, 1.82) is 0 Å². The Morgan fingerprint density at radius 3 is 3.09 bits per heavy atom. The molecule has 1 aliphatic rings. The van der Waals surface area contributed by atoms with E-state index in [9.17, 15) is 4.79 Å². The molecule has 2 aromatic heterocycles. The standard InChI is InChI=1S/C14H19BrN6O/c1-9-12-13(16)17-8-18-14(12)21(19-9)10-3-2-6-20(7-10)11(22)4-5-15/h8,10H,2-7H2,1H3,(H2,16,17,18). The number of nitrogens with two attached hydrogens (primary N) is 1. The van der Waals surface area contributed by atoms with Crippen LogP contribution in [0, 0.1) is 6.92 Å². The molecule has 0 aromatic carbocycles. The molecule has 0 radical (unpaired) electrons. The number of anilines is 1. The van der Waals surface area contributed by atoms with Crippen LogP contribution in [0.2, 0.25) is 0 Å². The molecule has 1 fully saturated rings. The molecule has 2 N–H and O–H groups in total. The van der Waals surface area contributed by atoms with Crippen molar-refractivity contribution < 1.29 is 4.79 Å². The Morgan fingerprint density at radius 1 is 1.50 bits per heavy atom. The predicted octanol–water partition coefficient (Wildman–Crippen LogP) is 1.67. The van der Waals surface area contributed by atoms with Gasteiger partial charge in [-0.2, -0.15) is 5.10 Å². The number of aryl methyl sites for hydroxylation is 1. The third-order valence-corrected chi connectivity index (χ3v) is 4.49. The zero-order valence-electron chi connectivity index (χ0n) is 12.5. The van der Waals surface area contributed by atoms with E-state index in [1.807, 2.05) is 16.5 Å². The number of alkyl halides is 1. The van der Waals surface area contributed by atoms with Crippen LogP contribution in [0.15, 0.2) is 6.33 Å². The minimum Gasteiger partial charge on any atom is -0.383 e. The number of rotatable bonds is 3. The zero-order chi connectivity index (χ0) is 15.7. The van der Waals surface area contributed by atoms with Crippen molar-refractivity contribution in [1.82, 2.24) is 24.6 Å². The number of hydrogen-bond acceptors (Lipinski definition) is 5. The van der Waals surface area contributed by atoms with Gasteiger partial charge in [-0.25, -0.2) is 14.6 Å². The number of nitrogen functional groups attached to an aromatic ring is 1.